The molecule has 2 aromatic carbocycles. The van der Waals surface area contributed by atoms with Crippen LogP contribution in [-0.4, -0.2) is 18.7 Å². The van der Waals surface area contributed by atoms with Crippen molar-refractivity contribution in [3.63, 3.8) is 0 Å². The first-order chi connectivity index (χ1) is 16.6. The molecule has 4 nitrogen and oxygen atoms in total. The lowest BCUT2D eigenvalue weighted by Gasteiger charge is -2.38. The average Bonchev–Trinajstić information content (AvgIpc) is 3.37. The second kappa shape index (κ2) is 9.14. The molecule has 3 unspecified atom stereocenters. The Hall–Kier alpha value is -2.57. The third kappa shape index (κ3) is 4.66. The van der Waals surface area contributed by atoms with Crippen molar-refractivity contribution in [3.8, 4) is 5.69 Å². The molecule has 35 heavy (non-hydrogen) atoms. The molecule has 184 valence electrons. The molecule has 0 bridgehead atoms. The van der Waals surface area contributed by atoms with Gasteiger partial charge in [-0.2, -0.15) is 5.10 Å². The minimum atomic E-state index is -1.15. The number of halogens is 1. The van der Waals surface area contributed by atoms with Gasteiger partial charge in [-0.15, -0.1) is 0 Å². The van der Waals surface area contributed by atoms with Crippen molar-refractivity contribution in [1.82, 2.24) is 14.5 Å². The zero-order valence-electron chi connectivity index (χ0n) is 20.9. The second-order valence-corrected chi connectivity index (χ2v) is 13.1. The summed E-state index contributed by atoms with van der Waals surface area (Å²) in [4.78, 5) is 0. The van der Waals surface area contributed by atoms with Crippen LogP contribution in [0.5, 0.6) is 0 Å². The van der Waals surface area contributed by atoms with E-state index in [4.69, 9.17) is 0 Å². The van der Waals surface area contributed by atoms with E-state index >= 15 is 0 Å². The largest absolute Gasteiger partial charge is 0.242 e. The number of rotatable bonds is 6. The predicted octanol–water partition coefficient (Wildman–Crippen LogP) is 6.55. The van der Waals surface area contributed by atoms with Gasteiger partial charge in [0, 0.05) is 6.04 Å². The predicted molar refractivity (Wildman–Crippen MR) is 141 cm³/mol. The van der Waals surface area contributed by atoms with E-state index in [2.05, 4.69) is 47.1 Å². The smallest absolute Gasteiger partial charge is 0.123 e. The summed E-state index contributed by atoms with van der Waals surface area (Å²) in [5.41, 5.74) is 5.91. The summed E-state index contributed by atoms with van der Waals surface area (Å²) >= 11 is 0. The Morgan fingerprint density at radius 1 is 1.17 bits per heavy atom. The van der Waals surface area contributed by atoms with E-state index in [9.17, 15) is 8.60 Å². The standard InChI is InChI=1S/C29H34FN3OS/c1-28(2,3)35(34)32-26(20-8-6-5-7-9-20)16-22-10-11-23-17-27-21(18-29(22,23)4)19-31-33(27)25-14-12-24(30)13-15-25/h5-9,12-15,17,19,22,26,32H,10-11,16,18H2,1-4H3/t22-,26?,29?,35?/m1/s1. The highest BCUT2D eigenvalue weighted by atomic mass is 32.2. The second-order valence-electron chi connectivity index (χ2n) is 11.1. The van der Waals surface area contributed by atoms with Crippen LogP contribution in [-0.2, 0) is 17.4 Å². The molecular formula is C29H34FN3OS. The fraction of sp³-hybridized carbons (Fsp3) is 0.414. The van der Waals surface area contributed by atoms with Crippen molar-refractivity contribution in [2.24, 2.45) is 11.3 Å². The van der Waals surface area contributed by atoms with Crippen molar-refractivity contribution in [1.29, 1.82) is 0 Å². The molecule has 0 radical (unpaired) electrons. The van der Waals surface area contributed by atoms with Crippen molar-refractivity contribution in [2.45, 2.75) is 64.2 Å². The highest BCUT2D eigenvalue weighted by Gasteiger charge is 2.46. The molecule has 2 aliphatic rings. The minimum absolute atomic E-state index is 0.0285. The van der Waals surface area contributed by atoms with Crippen LogP contribution in [0.1, 0.15) is 69.8 Å². The van der Waals surface area contributed by atoms with Gasteiger partial charge in [0.05, 0.1) is 33.3 Å². The summed E-state index contributed by atoms with van der Waals surface area (Å²) < 4.78 is 31.6. The van der Waals surface area contributed by atoms with Gasteiger partial charge in [0.2, 0.25) is 0 Å². The molecule has 0 aliphatic heterocycles. The first-order valence-electron chi connectivity index (χ1n) is 12.4. The quantitative estimate of drug-likeness (QED) is 0.425. The number of nitrogens with zero attached hydrogens (tertiary/aromatic N) is 2. The van der Waals surface area contributed by atoms with Crippen molar-refractivity contribution < 1.29 is 8.60 Å². The maximum Gasteiger partial charge on any atom is 0.123 e. The van der Waals surface area contributed by atoms with Gasteiger partial charge < -0.3 is 0 Å². The van der Waals surface area contributed by atoms with E-state index in [1.165, 1.54) is 28.8 Å². The molecule has 0 amide bonds. The molecule has 3 aromatic rings. The zero-order valence-corrected chi connectivity index (χ0v) is 21.7. The molecule has 0 saturated heterocycles. The van der Waals surface area contributed by atoms with Gasteiger partial charge in [-0.25, -0.2) is 18.0 Å². The molecule has 1 aromatic heterocycles. The van der Waals surface area contributed by atoms with Gasteiger partial charge in [-0.1, -0.05) is 42.8 Å². The van der Waals surface area contributed by atoms with Crippen LogP contribution < -0.4 is 4.72 Å². The highest BCUT2D eigenvalue weighted by Crippen LogP contribution is 2.55. The minimum Gasteiger partial charge on any atom is -0.242 e. The number of nitrogens with one attached hydrogen (secondary N) is 1. The van der Waals surface area contributed by atoms with E-state index in [0.717, 1.165) is 37.1 Å². The van der Waals surface area contributed by atoms with Crippen LogP contribution in [0.4, 0.5) is 4.39 Å². The number of allylic oxidation sites excluding steroid dienone is 1. The lowest BCUT2D eigenvalue weighted by atomic mass is 9.68. The van der Waals surface area contributed by atoms with Gasteiger partial charge in [-0.3, -0.25) is 0 Å². The van der Waals surface area contributed by atoms with Gasteiger partial charge in [0.1, 0.15) is 5.82 Å². The molecule has 1 N–H and O–H groups in total. The van der Waals surface area contributed by atoms with Gasteiger partial charge in [0.15, 0.2) is 0 Å². The fourth-order valence-corrected chi connectivity index (χ4v) is 6.47. The van der Waals surface area contributed by atoms with Crippen LogP contribution in [0, 0.1) is 17.2 Å². The Kier molecular flexibility index (Phi) is 6.30. The molecule has 4 atom stereocenters. The van der Waals surface area contributed by atoms with Gasteiger partial charge in [-0.05, 0) is 99.3 Å². The van der Waals surface area contributed by atoms with Crippen LogP contribution in [0.25, 0.3) is 11.8 Å². The summed E-state index contributed by atoms with van der Waals surface area (Å²) in [5, 5.41) is 4.65. The van der Waals surface area contributed by atoms with E-state index in [-0.39, 0.29) is 22.0 Å². The van der Waals surface area contributed by atoms with E-state index < -0.39 is 11.0 Å². The molecule has 0 spiro atoms. The lowest BCUT2D eigenvalue weighted by Crippen LogP contribution is -2.38. The normalized spacial score (nSPS) is 23.3. The Morgan fingerprint density at radius 2 is 1.89 bits per heavy atom. The third-order valence-electron chi connectivity index (χ3n) is 7.75. The molecular weight excluding hydrogens is 457 g/mol. The lowest BCUT2D eigenvalue weighted by molar-refractivity contribution is 0.238. The first-order valence-corrected chi connectivity index (χ1v) is 13.6. The monoisotopic (exact) mass is 491 g/mol. The Morgan fingerprint density at radius 3 is 2.57 bits per heavy atom. The SMILES string of the molecule is CC12Cc3cnn(-c4ccc(F)cc4)c3C=C1CC[C@@H]2CC(NS(=O)C(C)(C)C)c1ccccc1. The molecule has 1 heterocycles. The van der Waals surface area contributed by atoms with Crippen molar-refractivity contribution >= 4 is 17.1 Å². The summed E-state index contributed by atoms with van der Waals surface area (Å²) in [7, 11) is -1.15. The average molecular weight is 492 g/mol. The maximum atomic E-state index is 13.4. The van der Waals surface area contributed by atoms with Crippen molar-refractivity contribution in [2.75, 3.05) is 0 Å². The first kappa shape index (κ1) is 24.1. The van der Waals surface area contributed by atoms with Crippen molar-refractivity contribution in [3.05, 3.63) is 89.0 Å². The van der Waals surface area contributed by atoms with Crippen LogP contribution >= 0.6 is 0 Å². The van der Waals surface area contributed by atoms with Crippen LogP contribution in [0.2, 0.25) is 0 Å². The summed E-state index contributed by atoms with van der Waals surface area (Å²) in [6, 6.07) is 17.0. The van der Waals surface area contributed by atoms with Crippen LogP contribution in [0.3, 0.4) is 0 Å². The molecule has 1 saturated carbocycles. The summed E-state index contributed by atoms with van der Waals surface area (Å²) in [5.74, 6) is 0.221. The maximum absolute atomic E-state index is 13.4. The molecule has 1 fully saturated rings. The van der Waals surface area contributed by atoms with Gasteiger partial charge >= 0.3 is 0 Å². The Bertz CT molecular complexity index is 1260. The van der Waals surface area contributed by atoms with E-state index in [1.807, 2.05) is 37.7 Å². The number of hydrogen-bond acceptors (Lipinski definition) is 2. The zero-order chi connectivity index (χ0) is 24.8. The Balaban J connectivity index is 1.42. The number of aromatic nitrogens is 2. The third-order valence-corrected chi connectivity index (χ3v) is 9.36. The van der Waals surface area contributed by atoms with E-state index in [0.29, 0.717) is 5.92 Å². The summed E-state index contributed by atoms with van der Waals surface area (Å²) in [6.07, 6.45) is 8.31. The highest BCUT2D eigenvalue weighted by molar-refractivity contribution is 7.84. The topological polar surface area (TPSA) is 46.9 Å². The van der Waals surface area contributed by atoms with E-state index in [1.54, 1.807) is 12.1 Å². The summed E-state index contributed by atoms with van der Waals surface area (Å²) in [6.45, 7) is 8.42. The number of benzene rings is 2. The number of fused-ring (bicyclic) bond motifs is 2. The molecule has 5 rings (SSSR count). The number of hydrogen-bond donors (Lipinski definition) is 1. The van der Waals surface area contributed by atoms with Crippen LogP contribution in [0.15, 0.2) is 66.4 Å². The molecule has 2 aliphatic carbocycles. The van der Waals surface area contributed by atoms with Gasteiger partial charge in [0.25, 0.3) is 0 Å². The Labute approximate surface area is 210 Å². The molecule has 6 heteroatoms. The fourth-order valence-electron chi connectivity index (χ4n) is 5.63.